The molecule has 1 aromatic heterocycles. The molecule has 1 aliphatic carbocycles. The van der Waals surface area contributed by atoms with Crippen molar-refractivity contribution in [3.05, 3.63) is 29.4 Å². The molecule has 0 aliphatic heterocycles. The van der Waals surface area contributed by atoms with Crippen molar-refractivity contribution in [2.45, 2.75) is 27.2 Å². The molecule has 68 valence electrons. The van der Waals surface area contributed by atoms with Gasteiger partial charge in [-0.25, -0.2) is 9.97 Å². The van der Waals surface area contributed by atoms with Gasteiger partial charge in [-0.3, -0.25) is 0 Å². The molecule has 0 spiro atoms. The van der Waals surface area contributed by atoms with E-state index in [2.05, 4.69) is 36.8 Å². The van der Waals surface area contributed by atoms with Crippen molar-refractivity contribution in [3.8, 4) is 0 Å². The quantitative estimate of drug-likeness (QED) is 0.603. The monoisotopic (exact) mass is 174 g/mol. The van der Waals surface area contributed by atoms with E-state index in [1.165, 1.54) is 11.1 Å². The molecule has 0 saturated heterocycles. The van der Waals surface area contributed by atoms with E-state index >= 15 is 0 Å². The van der Waals surface area contributed by atoms with Crippen LogP contribution in [0.15, 0.2) is 18.1 Å². The van der Waals surface area contributed by atoms with Gasteiger partial charge in [-0.2, -0.15) is 0 Å². The molecule has 1 aliphatic rings. The highest BCUT2D eigenvalue weighted by Gasteiger charge is 2.23. The predicted molar refractivity (Wildman–Crippen MR) is 53.2 cm³/mol. The van der Waals surface area contributed by atoms with E-state index in [0.717, 1.165) is 12.1 Å². The molecule has 0 atom stereocenters. The van der Waals surface area contributed by atoms with Crippen LogP contribution in [0.25, 0.3) is 6.08 Å². The standard InChI is InChI=1S/C11H14N2/c1-11(2,3)9-4-8-6-12-7-13-10(8)5-9/h5-7H,4H2,1-3H3. The summed E-state index contributed by atoms with van der Waals surface area (Å²) in [6.07, 6.45) is 6.73. The first-order chi connectivity index (χ1) is 6.07. The summed E-state index contributed by atoms with van der Waals surface area (Å²) in [5.74, 6) is 0. The highest BCUT2D eigenvalue weighted by molar-refractivity contribution is 5.60. The summed E-state index contributed by atoms with van der Waals surface area (Å²) in [4.78, 5) is 8.26. The molecule has 2 nitrogen and oxygen atoms in total. The van der Waals surface area contributed by atoms with Crippen LogP contribution in [0.3, 0.4) is 0 Å². The van der Waals surface area contributed by atoms with Crippen LogP contribution in [0, 0.1) is 5.41 Å². The van der Waals surface area contributed by atoms with E-state index in [0.29, 0.717) is 0 Å². The minimum absolute atomic E-state index is 0.251. The van der Waals surface area contributed by atoms with Gasteiger partial charge in [0.25, 0.3) is 0 Å². The van der Waals surface area contributed by atoms with Crippen LogP contribution in [0.5, 0.6) is 0 Å². The number of hydrogen-bond donors (Lipinski definition) is 0. The van der Waals surface area contributed by atoms with Crippen molar-refractivity contribution in [1.29, 1.82) is 0 Å². The number of hydrogen-bond acceptors (Lipinski definition) is 2. The van der Waals surface area contributed by atoms with E-state index in [1.54, 1.807) is 6.33 Å². The predicted octanol–water partition coefficient (Wildman–Crippen LogP) is 2.46. The second-order valence-electron chi connectivity index (χ2n) is 4.53. The van der Waals surface area contributed by atoms with E-state index in [1.807, 2.05) is 6.20 Å². The molecule has 1 heterocycles. The van der Waals surface area contributed by atoms with Crippen LogP contribution in [0.2, 0.25) is 0 Å². The van der Waals surface area contributed by atoms with Crippen molar-refractivity contribution in [2.75, 3.05) is 0 Å². The molecule has 13 heavy (non-hydrogen) atoms. The molecule has 0 N–H and O–H groups in total. The molecule has 0 radical (unpaired) electrons. The van der Waals surface area contributed by atoms with Gasteiger partial charge in [0.2, 0.25) is 0 Å². The molecule has 0 saturated carbocycles. The Bertz CT molecular complexity index is 359. The third-order valence-electron chi connectivity index (χ3n) is 2.48. The summed E-state index contributed by atoms with van der Waals surface area (Å²) in [6, 6.07) is 0. The molecule has 0 unspecified atom stereocenters. The molecule has 2 heteroatoms. The fourth-order valence-electron chi connectivity index (χ4n) is 1.54. The maximum Gasteiger partial charge on any atom is 0.116 e. The van der Waals surface area contributed by atoms with Crippen LogP contribution in [-0.2, 0) is 6.42 Å². The summed E-state index contributed by atoms with van der Waals surface area (Å²) < 4.78 is 0. The number of rotatable bonds is 0. The van der Waals surface area contributed by atoms with Gasteiger partial charge in [0.15, 0.2) is 0 Å². The van der Waals surface area contributed by atoms with Crippen LogP contribution in [0.4, 0.5) is 0 Å². The Kier molecular flexibility index (Phi) is 1.72. The smallest absolute Gasteiger partial charge is 0.116 e. The van der Waals surface area contributed by atoms with Gasteiger partial charge in [0.05, 0.1) is 5.69 Å². The number of nitrogens with zero attached hydrogens (tertiary/aromatic N) is 2. The summed E-state index contributed by atoms with van der Waals surface area (Å²) in [5.41, 5.74) is 4.05. The average molecular weight is 174 g/mol. The normalized spacial score (nSPS) is 15.5. The zero-order valence-corrected chi connectivity index (χ0v) is 8.33. The molecule has 0 amide bonds. The Morgan fingerprint density at radius 1 is 1.31 bits per heavy atom. The van der Waals surface area contributed by atoms with Gasteiger partial charge in [0.1, 0.15) is 6.33 Å². The second-order valence-corrected chi connectivity index (χ2v) is 4.53. The fourth-order valence-corrected chi connectivity index (χ4v) is 1.54. The van der Waals surface area contributed by atoms with Crippen molar-refractivity contribution in [2.24, 2.45) is 5.41 Å². The highest BCUT2D eigenvalue weighted by Crippen LogP contribution is 2.34. The summed E-state index contributed by atoms with van der Waals surface area (Å²) in [6.45, 7) is 6.70. The van der Waals surface area contributed by atoms with E-state index in [9.17, 15) is 0 Å². The lowest BCUT2D eigenvalue weighted by molar-refractivity contribution is 0.498. The maximum absolute atomic E-state index is 4.24. The Morgan fingerprint density at radius 2 is 2.08 bits per heavy atom. The summed E-state index contributed by atoms with van der Waals surface area (Å²) in [7, 11) is 0. The van der Waals surface area contributed by atoms with E-state index in [4.69, 9.17) is 0 Å². The van der Waals surface area contributed by atoms with Crippen molar-refractivity contribution < 1.29 is 0 Å². The molecule has 0 aromatic carbocycles. The third-order valence-corrected chi connectivity index (χ3v) is 2.48. The minimum atomic E-state index is 0.251. The third kappa shape index (κ3) is 1.48. The summed E-state index contributed by atoms with van der Waals surface area (Å²) in [5, 5.41) is 0. The first kappa shape index (κ1) is 8.42. The van der Waals surface area contributed by atoms with Crippen LogP contribution in [-0.4, -0.2) is 9.97 Å². The van der Waals surface area contributed by atoms with Gasteiger partial charge < -0.3 is 0 Å². The minimum Gasteiger partial charge on any atom is -0.244 e. The van der Waals surface area contributed by atoms with Gasteiger partial charge >= 0.3 is 0 Å². The fraction of sp³-hybridized carbons (Fsp3) is 0.455. The Labute approximate surface area is 78.7 Å². The molecule has 2 rings (SSSR count). The Balaban J connectivity index is 2.37. The van der Waals surface area contributed by atoms with Crippen LogP contribution >= 0.6 is 0 Å². The second kappa shape index (κ2) is 2.66. The van der Waals surface area contributed by atoms with E-state index < -0.39 is 0 Å². The Hall–Kier alpha value is -1.18. The first-order valence-corrected chi connectivity index (χ1v) is 4.57. The average Bonchev–Trinajstić information content (AvgIpc) is 2.45. The number of aromatic nitrogens is 2. The van der Waals surface area contributed by atoms with Gasteiger partial charge in [-0.05, 0) is 17.9 Å². The topological polar surface area (TPSA) is 25.8 Å². The Morgan fingerprint density at radius 3 is 2.69 bits per heavy atom. The van der Waals surface area contributed by atoms with Gasteiger partial charge in [-0.15, -0.1) is 0 Å². The SMILES string of the molecule is CC(C)(C)C1=Cc2ncncc2C1. The maximum atomic E-state index is 4.24. The van der Waals surface area contributed by atoms with Crippen LogP contribution in [0.1, 0.15) is 32.0 Å². The first-order valence-electron chi connectivity index (χ1n) is 4.57. The lowest BCUT2D eigenvalue weighted by Crippen LogP contribution is -2.08. The number of fused-ring (bicyclic) bond motifs is 1. The molecule has 1 aromatic rings. The van der Waals surface area contributed by atoms with Gasteiger partial charge in [-0.1, -0.05) is 26.3 Å². The van der Waals surface area contributed by atoms with Crippen molar-refractivity contribution >= 4 is 6.08 Å². The lowest BCUT2D eigenvalue weighted by atomic mass is 9.85. The summed E-state index contributed by atoms with van der Waals surface area (Å²) >= 11 is 0. The zero-order valence-electron chi connectivity index (χ0n) is 8.33. The van der Waals surface area contributed by atoms with E-state index in [-0.39, 0.29) is 5.41 Å². The van der Waals surface area contributed by atoms with Crippen molar-refractivity contribution in [1.82, 2.24) is 9.97 Å². The number of allylic oxidation sites excluding steroid dienone is 1. The lowest BCUT2D eigenvalue weighted by Gasteiger charge is -2.19. The zero-order chi connectivity index (χ0) is 9.47. The highest BCUT2D eigenvalue weighted by atomic mass is 14.8. The molecular formula is C11H14N2. The van der Waals surface area contributed by atoms with Crippen LogP contribution < -0.4 is 0 Å². The van der Waals surface area contributed by atoms with Crippen molar-refractivity contribution in [3.63, 3.8) is 0 Å². The van der Waals surface area contributed by atoms with Gasteiger partial charge in [0, 0.05) is 11.8 Å². The molecule has 0 bridgehead atoms. The molecule has 0 fully saturated rings. The molecular weight excluding hydrogens is 160 g/mol. The largest absolute Gasteiger partial charge is 0.244 e.